The molecular formula is C16H15N. The number of aryl methyl sites for hydroxylation is 2. The van der Waals surface area contributed by atoms with Gasteiger partial charge in [-0.1, -0.05) is 35.9 Å². The van der Waals surface area contributed by atoms with Gasteiger partial charge >= 0.3 is 0 Å². The molecule has 1 aliphatic heterocycles. The van der Waals surface area contributed by atoms with E-state index in [0.29, 0.717) is 0 Å². The molecule has 84 valence electrons. The third kappa shape index (κ3) is 1.84. The largest absolute Gasteiger partial charge is 0.355 e. The van der Waals surface area contributed by atoms with Gasteiger partial charge in [-0.3, -0.25) is 0 Å². The van der Waals surface area contributed by atoms with E-state index in [-0.39, 0.29) is 0 Å². The highest BCUT2D eigenvalue weighted by molar-refractivity contribution is 5.87. The molecule has 0 aromatic heterocycles. The number of nitrogens with one attached hydrogen (secondary N) is 1. The van der Waals surface area contributed by atoms with Crippen LogP contribution in [0.15, 0.2) is 36.4 Å². The Bertz CT molecular complexity index is 609. The Labute approximate surface area is 102 Å². The highest BCUT2D eigenvalue weighted by Crippen LogP contribution is 2.31. The van der Waals surface area contributed by atoms with Gasteiger partial charge in [0, 0.05) is 11.4 Å². The molecule has 1 N–H and O–H groups in total. The molecular weight excluding hydrogens is 206 g/mol. The zero-order chi connectivity index (χ0) is 11.8. The molecule has 0 saturated carbocycles. The van der Waals surface area contributed by atoms with Crippen molar-refractivity contribution in [1.82, 2.24) is 0 Å². The molecule has 17 heavy (non-hydrogen) atoms. The first-order valence-electron chi connectivity index (χ1n) is 5.89. The van der Waals surface area contributed by atoms with E-state index in [4.69, 9.17) is 0 Å². The van der Waals surface area contributed by atoms with Gasteiger partial charge in [0.2, 0.25) is 0 Å². The fourth-order valence-electron chi connectivity index (χ4n) is 2.18. The Hall–Kier alpha value is -2.02. The summed E-state index contributed by atoms with van der Waals surface area (Å²) in [7, 11) is 0. The summed E-state index contributed by atoms with van der Waals surface area (Å²) in [6, 6.07) is 13.0. The smallest absolute Gasteiger partial charge is 0.0460 e. The monoisotopic (exact) mass is 221 g/mol. The second kappa shape index (κ2) is 3.77. The first-order chi connectivity index (χ1) is 8.22. The molecule has 0 amide bonds. The van der Waals surface area contributed by atoms with Crippen LogP contribution in [-0.4, -0.2) is 0 Å². The highest BCUT2D eigenvalue weighted by atomic mass is 14.9. The fourth-order valence-corrected chi connectivity index (χ4v) is 2.18. The second-order valence-corrected chi connectivity index (χ2v) is 4.64. The molecule has 0 spiro atoms. The van der Waals surface area contributed by atoms with Crippen LogP contribution in [0.1, 0.15) is 22.3 Å². The van der Waals surface area contributed by atoms with E-state index in [2.05, 4.69) is 67.7 Å². The first kappa shape index (κ1) is 10.2. The van der Waals surface area contributed by atoms with Crippen molar-refractivity contribution in [1.29, 1.82) is 0 Å². The molecule has 0 unspecified atom stereocenters. The average molecular weight is 221 g/mol. The van der Waals surface area contributed by atoms with Crippen LogP contribution in [0.5, 0.6) is 0 Å². The summed E-state index contributed by atoms with van der Waals surface area (Å²) in [6.45, 7) is 4.24. The van der Waals surface area contributed by atoms with E-state index >= 15 is 0 Å². The number of hydrogen-bond donors (Lipinski definition) is 1. The molecule has 2 aromatic rings. The fraction of sp³-hybridized carbons (Fsp3) is 0.125. The molecule has 0 saturated heterocycles. The average Bonchev–Trinajstić information content (AvgIpc) is 2.47. The SMILES string of the molecule is Cc1ccc2c(c1)C=Cc1ccc(C)cc1N2. The number of anilines is 2. The topological polar surface area (TPSA) is 12.0 Å². The second-order valence-electron chi connectivity index (χ2n) is 4.64. The highest BCUT2D eigenvalue weighted by Gasteiger charge is 2.08. The number of hydrogen-bond acceptors (Lipinski definition) is 1. The van der Waals surface area contributed by atoms with E-state index in [1.54, 1.807) is 0 Å². The predicted octanol–water partition coefficient (Wildman–Crippen LogP) is 4.53. The Balaban J connectivity index is 2.16. The lowest BCUT2D eigenvalue weighted by atomic mass is 10.1. The molecule has 1 nitrogen and oxygen atoms in total. The van der Waals surface area contributed by atoms with Gasteiger partial charge in [0.15, 0.2) is 0 Å². The van der Waals surface area contributed by atoms with Gasteiger partial charge in [0.25, 0.3) is 0 Å². The molecule has 1 heterocycles. The van der Waals surface area contributed by atoms with Crippen LogP contribution in [0.25, 0.3) is 12.2 Å². The van der Waals surface area contributed by atoms with Crippen molar-refractivity contribution in [3.05, 3.63) is 58.7 Å². The summed E-state index contributed by atoms with van der Waals surface area (Å²) in [5.74, 6) is 0. The summed E-state index contributed by atoms with van der Waals surface area (Å²) < 4.78 is 0. The van der Waals surface area contributed by atoms with Crippen LogP contribution < -0.4 is 5.32 Å². The molecule has 1 heteroatoms. The Kier molecular flexibility index (Phi) is 2.25. The standard InChI is InChI=1S/C16H15N/c1-11-4-8-15-14(9-11)7-6-13-5-3-12(2)10-16(13)17-15/h3-10,17H,1-2H3. The Morgan fingerprint density at radius 2 is 1.41 bits per heavy atom. The van der Waals surface area contributed by atoms with Gasteiger partial charge in [-0.2, -0.15) is 0 Å². The third-order valence-corrected chi connectivity index (χ3v) is 3.13. The quantitative estimate of drug-likeness (QED) is 0.588. The number of benzene rings is 2. The minimum absolute atomic E-state index is 1.18. The summed E-state index contributed by atoms with van der Waals surface area (Å²) in [6.07, 6.45) is 4.35. The maximum atomic E-state index is 3.51. The summed E-state index contributed by atoms with van der Waals surface area (Å²) in [4.78, 5) is 0. The van der Waals surface area contributed by atoms with Gasteiger partial charge in [0.05, 0.1) is 0 Å². The van der Waals surface area contributed by atoms with E-state index in [0.717, 1.165) is 0 Å². The summed E-state index contributed by atoms with van der Waals surface area (Å²) in [5.41, 5.74) is 7.42. The van der Waals surface area contributed by atoms with Gasteiger partial charge in [-0.25, -0.2) is 0 Å². The predicted molar refractivity (Wildman–Crippen MR) is 74.6 cm³/mol. The molecule has 0 aliphatic carbocycles. The van der Waals surface area contributed by atoms with Crippen LogP contribution in [0.2, 0.25) is 0 Å². The van der Waals surface area contributed by atoms with Gasteiger partial charge in [0.1, 0.15) is 0 Å². The lowest BCUT2D eigenvalue weighted by Crippen LogP contribution is -1.94. The normalized spacial score (nSPS) is 12.4. The molecule has 0 bridgehead atoms. The van der Waals surface area contributed by atoms with Crippen LogP contribution >= 0.6 is 0 Å². The van der Waals surface area contributed by atoms with Crippen molar-refractivity contribution >= 4 is 23.5 Å². The van der Waals surface area contributed by atoms with E-state index in [9.17, 15) is 0 Å². The molecule has 0 radical (unpaired) electrons. The lowest BCUT2D eigenvalue weighted by molar-refractivity contribution is 1.42. The maximum Gasteiger partial charge on any atom is 0.0460 e. The molecule has 0 atom stereocenters. The third-order valence-electron chi connectivity index (χ3n) is 3.13. The maximum absolute atomic E-state index is 3.51. The van der Waals surface area contributed by atoms with E-state index < -0.39 is 0 Å². The minimum Gasteiger partial charge on any atom is -0.355 e. The molecule has 3 rings (SSSR count). The lowest BCUT2D eigenvalue weighted by Gasteiger charge is -2.10. The molecule has 1 aliphatic rings. The van der Waals surface area contributed by atoms with Crippen LogP contribution in [-0.2, 0) is 0 Å². The number of fused-ring (bicyclic) bond motifs is 2. The first-order valence-corrected chi connectivity index (χ1v) is 5.89. The van der Waals surface area contributed by atoms with Crippen molar-refractivity contribution in [2.24, 2.45) is 0 Å². The van der Waals surface area contributed by atoms with Crippen LogP contribution in [0.4, 0.5) is 11.4 Å². The zero-order valence-electron chi connectivity index (χ0n) is 10.1. The Morgan fingerprint density at radius 1 is 0.706 bits per heavy atom. The van der Waals surface area contributed by atoms with Gasteiger partial charge in [-0.15, -0.1) is 0 Å². The molecule has 2 aromatic carbocycles. The van der Waals surface area contributed by atoms with Gasteiger partial charge in [-0.05, 0) is 48.7 Å². The minimum atomic E-state index is 1.18. The van der Waals surface area contributed by atoms with E-state index in [1.807, 2.05) is 0 Å². The summed E-state index contributed by atoms with van der Waals surface area (Å²) in [5, 5.41) is 3.51. The summed E-state index contributed by atoms with van der Waals surface area (Å²) >= 11 is 0. The van der Waals surface area contributed by atoms with E-state index in [1.165, 1.54) is 33.6 Å². The van der Waals surface area contributed by atoms with Crippen molar-refractivity contribution in [2.75, 3.05) is 5.32 Å². The number of rotatable bonds is 0. The zero-order valence-corrected chi connectivity index (χ0v) is 10.1. The van der Waals surface area contributed by atoms with Crippen LogP contribution in [0.3, 0.4) is 0 Å². The van der Waals surface area contributed by atoms with Crippen LogP contribution in [0, 0.1) is 13.8 Å². The van der Waals surface area contributed by atoms with Crippen molar-refractivity contribution in [3.63, 3.8) is 0 Å². The molecule has 0 fully saturated rings. The van der Waals surface area contributed by atoms with Crippen molar-refractivity contribution < 1.29 is 0 Å². The van der Waals surface area contributed by atoms with Gasteiger partial charge < -0.3 is 5.32 Å². The Morgan fingerprint density at radius 3 is 2.29 bits per heavy atom. The van der Waals surface area contributed by atoms with Crippen molar-refractivity contribution in [3.8, 4) is 0 Å². The van der Waals surface area contributed by atoms with Crippen molar-refractivity contribution in [2.45, 2.75) is 13.8 Å².